The summed E-state index contributed by atoms with van der Waals surface area (Å²) in [6.45, 7) is 0.274. The lowest BCUT2D eigenvalue weighted by atomic mass is 10.0. The molecule has 0 aromatic carbocycles. The van der Waals surface area contributed by atoms with Crippen molar-refractivity contribution >= 4 is 21.7 Å². The summed E-state index contributed by atoms with van der Waals surface area (Å²) in [5, 5.41) is 2.78. The highest BCUT2D eigenvalue weighted by molar-refractivity contribution is 7.91. The average Bonchev–Trinajstić information content (AvgIpc) is 3.30. The Labute approximate surface area is 141 Å². The van der Waals surface area contributed by atoms with Gasteiger partial charge in [0.25, 0.3) is 0 Å². The van der Waals surface area contributed by atoms with E-state index >= 15 is 0 Å². The van der Waals surface area contributed by atoms with Gasteiger partial charge in [-0.05, 0) is 31.4 Å². The lowest BCUT2D eigenvalue weighted by Gasteiger charge is -2.27. The van der Waals surface area contributed by atoms with E-state index in [9.17, 15) is 18.0 Å². The summed E-state index contributed by atoms with van der Waals surface area (Å²) in [7, 11) is -1.47. The molecule has 1 aliphatic carbocycles. The first kappa shape index (κ1) is 16.9. The predicted molar refractivity (Wildman–Crippen MR) is 87.6 cm³/mol. The van der Waals surface area contributed by atoms with Gasteiger partial charge in [-0.1, -0.05) is 6.07 Å². The van der Waals surface area contributed by atoms with Crippen molar-refractivity contribution in [3.05, 3.63) is 30.1 Å². The molecule has 7 nitrogen and oxygen atoms in total. The monoisotopic (exact) mass is 351 g/mol. The number of amides is 2. The molecule has 2 fully saturated rings. The zero-order valence-corrected chi connectivity index (χ0v) is 14.4. The summed E-state index contributed by atoms with van der Waals surface area (Å²) in [5.74, 6) is -0.483. The van der Waals surface area contributed by atoms with Crippen LogP contribution in [0.25, 0.3) is 0 Å². The summed E-state index contributed by atoms with van der Waals surface area (Å²) < 4.78 is 23.2. The fraction of sp³-hybridized carbons (Fsp3) is 0.562. The molecule has 2 heterocycles. The van der Waals surface area contributed by atoms with Gasteiger partial charge >= 0.3 is 0 Å². The second-order valence-electron chi connectivity index (χ2n) is 6.56. The van der Waals surface area contributed by atoms with Crippen LogP contribution in [-0.2, 0) is 26.0 Å². The maximum absolute atomic E-state index is 12.7. The highest BCUT2D eigenvalue weighted by Gasteiger charge is 2.58. The molecule has 8 heteroatoms. The molecule has 1 saturated heterocycles. The van der Waals surface area contributed by atoms with Crippen LogP contribution in [0.2, 0.25) is 0 Å². The molecule has 24 heavy (non-hydrogen) atoms. The first-order valence-corrected chi connectivity index (χ1v) is 9.82. The van der Waals surface area contributed by atoms with Gasteiger partial charge in [0.1, 0.15) is 5.41 Å². The highest BCUT2D eigenvalue weighted by atomic mass is 32.2. The predicted octanol–water partition coefficient (Wildman–Crippen LogP) is 0.123. The van der Waals surface area contributed by atoms with Crippen molar-refractivity contribution in [1.29, 1.82) is 0 Å². The third-order valence-corrected chi connectivity index (χ3v) is 6.58. The summed E-state index contributed by atoms with van der Waals surface area (Å²) in [4.78, 5) is 30.8. The Balaban J connectivity index is 1.62. The Hall–Kier alpha value is -1.96. The SMILES string of the molecule is CN(C(=O)C1(C(=O)NCc2ccccn2)CC1)C1CCS(=O)(=O)C1. The van der Waals surface area contributed by atoms with E-state index in [1.54, 1.807) is 25.4 Å². The van der Waals surface area contributed by atoms with Gasteiger partial charge in [0.05, 0.1) is 23.7 Å². The second kappa shape index (κ2) is 6.16. The third kappa shape index (κ3) is 3.28. The molecular weight excluding hydrogens is 330 g/mol. The van der Waals surface area contributed by atoms with Crippen LogP contribution in [0.15, 0.2) is 24.4 Å². The fourth-order valence-electron chi connectivity index (χ4n) is 3.09. The zero-order valence-electron chi connectivity index (χ0n) is 13.6. The van der Waals surface area contributed by atoms with Crippen molar-refractivity contribution in [2.24, 2.45) is 5.41 Å². The van der Waals surface area contributed by atoms with Crippen LogP contribution >= 0.6 is 0 Å². The van der Waals surface area contributed by atoms with Gasteiger partial charge in [-0.3, -0.25) is 14.6 Å². The van der Waals surface area contributed by atoms with E-state index in [1.165, 1.54) is 4.90 Å². The quantitative estimate of drug-likeness (QED) is 0.760. The van der Waals surface area contributed by atoms with Crippen LogP contribution in [-0.4, -0.2) is 54.7 Å². The summed E-state index contributed by atoms with van der Waals surface area (Å²) >= 11 is 0. The van der Waals surface area contributed by atoms with E-state index in [0.29, 0.717) is 19.3 Å². The van der Waals surface area contributed by atoms with Gasteiger partial charge < -0.3 is 10.2 Å². The molecule has 2 aliphatic rings. The first-order valence-electron chi connectivity index (χ1n) is 8.00. The molecule has 1 aromatic rings. The Bertz CT molecular complexity index is 744. The molecule has 2 amide bonds. The van der Waals surface area contributed by atoms with Crippen LogP contribution < -0.4 is 5.32 Å². The van der Waals surface area contributed by atoms with Crippen LogP contribution in [0.5, 0.6) is 0 Å². The van der Waals surface area contributed by atoms with Gasteiger partial charge in [-0.25, -0.2) is 8.42 Å². The first-order chi connectivity index (χ1) is 11.3. The van der Waals surface area contributed by atoms with Crippen molar-refractivity contribution in [2.75, 3.05) is 18.6 Å². The summed E-state index contributed by atoms with van der Waals surface area (Å²) in [6.07, 6.45) is 3.09. The number of carbonyl (C=O) groups is 2. The van der Waals surface area contributed by atoms with Crippen molar-refractivity contribution < 1.29 is 18.0 Å². The minimum absolute atomic E-state index is 0.0130. The number of nitrogens with one attached hydrogen (secondary N) is 1. The van der Waals surface area contributed by atoms with Crippen molar-refractivity contribution in [3.63, 3.8) is 0 Å². The topological polar surface area (TPSA) is 96.4 Å². The van der Waals surface area contributed by atoms with E-state index in [-0.39, 0.29) is 35.9 Å². The number of nitrogens with zero attached hydrogens (tertiary/aromatic N) is 2. The number of carbonyl (C=O) groups excluding carboxylic acids is 2. The lowest BCUT2D eigenvalue weighted by molar-refractivity contribution is -0.144. The van der Waals surface area contributed by atoms with Crippen LogP contribution in [0.4, 0.5) is 0 Å². The number of rotatable bonds is 5. The van der Waals surface area contributed by atoms with Crippen LogP contribution in [0, 0.1) is 5.41 Å². The van der Waals surface area contributed by atoms with Crippen LogP contribution in [0.3, 0.4) is 0 Å². The molecule has 0 spiro atoms. The minimum Gasteiger partial charge on any atom is -0.350 e. The van der Waals surface area contributed by atoms with E-state index in [2.05, 4.69) is 10.3 Å². The zero-order chi connectivity index (χ0) is 17.4. The van der Waals surface area contributed by atoms with E-state index in [4.69, 9.17) is 0 Å². The van der Waals surface area contributed by atoms with Crippen molar-refractivity contribution in [2.45, 2.75) is 31.8 Å². The van der Waals surface area contributed by atoms with E-state index in [1.807, 2.05) is 6.07 Å². The number of hydrogen-bond donors (Lipinski definition) is 1. The summed E-state index contributed by atoms with van der Waals surface area (Å²) in [6, 6.07) is 5.10. The maximum Gasteiger partial charge on any atom is 0.238 e. The van der Waals surface area contributed by atoms with E-state index in [0.717, 1.165) is 5.69 Å². The Morgan fingerprint density at radius 3 is 2.67 bits per heavy atom. The molecule has 1 unspecified atom stereocenters. The molecule has 0 radical (unpaired) electrons. The molecule has 0 bridgehead atoms. The van der Waals surface area contributed by atoms with Gasteiger partial charge in [-0.2, -0.15) is 0 Å². The smallest absolute Gasteiger partial charge is 0.238 e. The van der Waals surface area contributed by atoms with Crippen molar-refractivity contribution in [3.8, 4) is 0 Å². The highest BCUT2D eigenvalue weighted by Crippen LogP contribution is 2.48. The van der Waals surface area contributed by atoms with Gasteiger partial charge in [0.2, 0.25) is 11.8 Å². The number of aromatic nitrogens is 1. The lowest BCUT2D eigenvalue weighted by Crippen LogP contribution is -2.47. The maximum atomic E-state index is 12.7. The van der Waals surface area contributed by atoms with Gasteiger partial charge in [0.15, 0.2) is 9.84 Å². The molecule has 1 aromatic heterocycles. The second-order valence-corrected chi connectivity index (χ2v) is 8.79. The standard InChI is InChI=1S/C16H21N3O4S/c1-19(13-5-9-24(22,23)11-13)15(21)16(6-7-16)14(20)18-10-12-4-2-3-8-17-12/h2-4,8,13H,5-7,9-11H2,1H3,(H,18,20). The summed E-state index contributed by atoms with van der Waals surface area (Å²) in [5.41, 5.74) is -0.306. The average molecular weight is 351 g/mol. The minimum atomic E-state index is -3.07. The fourth-order valence-corrected chi connectivity index (χ4v) is 4.86. The normalized spacial score (nSPS) is 23.5. The van der Waals surface area contributed by atoms with Gasteiger partial charge in [-0.15, -0.1) is 0 Å². The molecular formula is C16H21N3O4S. The molecule has 1 saturated carbocycles. The van der Waals surface area contributed by atoms with Gasteiger partial charge in [0, 0.05) is 19.3 Å². The van der Waals surface area contributed by atoms with Crippen LogP contribution in [0.1, 0.15) is 25.0 Å². The Morgan fingerprint density at radius 1 is 1.38 bits per heavy atom. The molecule has 1 N–H and O–H groups in total. The number of sulfone groups is 1. The molecule has 3 rings (SSSR count). The molecule has 1 aliphatic heterocycles. The third-order valence-electron chi connectivity index (χ3n) is 4.83. The molecule has 130 valence electrons. The number of pyridine rings is 1. The van der Waals surface area contributed by atoms with Crippen molar-refractivity contribution in [1.82, 2.24) is 15.2 Å². The van der Waals surface area contributed by atoms with E-state index < -0.39 is 15.3 Å². The number of hydrogen-bond acceptors (Lipinski definition) is 5. The molecule has 1 atom stereocenters. The largest absolute Gasteiger partial charge is 0.350 e. The Kier molecular flexibility index (Phi) is 4.33. The Morgan fingerprint density at radius 2 is 2.12 bits per heavy atom.